The molecule has 1 atom stereocenters. The maximum Gasteiger partial charge on any atom is 0.223 e. The molecule has 1 aliphatic carbocycles. The van der Waals surface area contributed by atoms with E-state index in [0.29, 0.717) is 6.04 Å². The smallest absolute Gasteiger partial charge is 0.223 e. The predicted octanol–water partition coefficient (Wildman–Crippen LogP) is 4.18. The van der Waals surface area contributed by atoms with Crippen LogP contribution in [0.25, 0.3) is 10.8 Å². The van der Waals surface area contributed by atoms with E-state index in [9.17, 15) is 4.79 Å². The molecule has 0 unspecified atom stereocenters. The van der Waals surface area contributed by atoms with Crippen molar-refractivity contribution >= 4 is 16.7 Å². The van der Waals surface area contributed by atoms with E-state index >= 15 is 0 Å². The van der Waals surface area contributed by atoms with Crippen LogP contribution in [0.3, 0.4) is 0 Å². The third-order valence-electron chi connectivity index (χ3n) is 4.78. The van der Waals surface area contributed by atoms with Crippen LogP contribution in [0.15, 0.2) is 42.5 Å². The van der Waals surface area contributed by atoms with Crippen molar-refractivity contribution in [1.82, 2.24) is 10.6 Å². The highest BCUT2D eigenvalue weighted by Gasteiger charge is 2.36. The second-order valence-electron chi connectivity index (χ2n) is 8.06. The first-order valence-corrected chi connectivity index (χ1v) is 8.89. The Labute approximate surface area is 144 Å². The summed E-state index contributed by atoms with van der Waals surface area (Å²) in [6.07, 6.45) is 1.86. The van der Waals surface area contributed by atoms with Crippen LogP contribution in [0.5, 0.6) is 0 Å². The molecule has 2 aromatic carbocycles. The first-order chi connectivity index (χ1) is 11.3. The fourth-order valence-corrected chi connectivity index (χ4v) is 3.51. The number of carbonyl (C=O) groups is 1. The van der Waals surface area contributed by atoms with E-state index in [1.54, 1.807) is 0 Å². The fraction of sp³-hybridized carbons (Fsp3) is 0.476. The minimum Gasteiger partial charge on any atom is -0.351 e. The Balaban J connectivity index is 1.59. The second kappa shape index (κ2) is 6.56. The van der Waals surface area contributed by atoms with Crippen molar-refractivity contribution in [3.8, 4) is 0 Å². The molecule has 3 heteroatoms. The van der Waals surface area contributed by atoms with Crippen molar-refractivity contribution in [1.29, 1.82) is 0 Å². The third-order valence-corrected chi connectivity index (χ3v) is 4.78. The normalized spacial score (nSPS) is 22.0. The molecule has 1 saturated carbocycles. The number of hydrogen-bond acceptors (Lipinski definition) is 2. The van der Waals surface area contributed by atoms with E-state index in [-0.39, 0.29) is 23.4 Å². The summed E-state index contributed by atoms with van der Waals surface area (Å²) < 4.78 is 0. The summed E-state index contributed by atoms with van der Waals surface area (Å²) in [6, 6.07) is 15.7. The van der Waals surface area contributed by atoms with Crippen molar-refractivity contribution in [2.24, 2.45) is 5.92 Å². The fourth-order valence-electron chi connectivity index (χ4n) is 3.51. The molecule has 1 fully saturated rings. The van der Waals surface area contributed by atoms with Crippen LogP contribution >= 0.6 is 0 Å². The molecule has 2 aromatic rings. The summed E-state index contributed by atoms with van der Waals surface area (Å²) in [5.41, 5.74) is 1.18. The van der Waals surface area contributed by atoms with Crippen LogP contribution in [0.2, 0.25) is 0 Å². The lowest BCUT2D eigenvalue weighted by Gasteiger charge is -2.38. The number of fused-ring (bicyclic) bond motifs is 1. The quantitative estimate of drug-likeness (QED) is 0.885. The van der Waals surface area contributed by atoms with Crippen LogP contribution in [0.4, 0.5) is 0 Å². The minimum absolute atomic E-state index is 0.147. The number of carbonyl (C=O) groups excluding carboxylic acids is 1. The molecule has 0 spiro atoms. The number of benzene rings is 2. The molecule has 24 heavy (non-hydrogen) atoms. The summed E-state index contributed by atoms with van der Waals surface area (Å²) in [5, 5.41) is 9.36. The van der Waals surface area contributed by atoms with Gasteiger partial charge in [-0.25, -0.2) is 0 Å². The molecule has 0 saturated heterocycles. The summed E-state index contributed by atoms with van der Waals surface area (Å²) in [4.78, 5) is 12.2. The van der Waals surface area contributed by atoms with Crippen molar-refractivity contribution in [3.05, 3.63) is 48.0 Å². The van der Waals surface area contributed by atoms with Crippen molar-refractivity contribution in [2.75, 3.05) is 0 Å². The highest BCUT2D eigenvalue weighted by Crippen LogP contribution is 2.31. The Morgan fingerprint density at radius 1 is 1.08 bits per heavy atom. The average molecular weight is 324 g/mol. The van der Waals surface area contributed by atoms with Gasteiger partial charge in [0.25, 0.3) is 0 Å². The van der Waals surface area contributed by atoms with Crippen LogP contribution in [-0.4, -0.2) is 17.5 Å². The molecule has 0 aliphatic heterocycles. The highest BCUT2D eigenvalue weighted by atomic mass is 16.2. The molecule has 3 rings (SSSR count). The van der Waals surface area contributed by atoms with Gasteiger partial charge in [0.15, 0.2) is 0 Å². The number of nitrogens with one attached hydrogen (secondary N) is 2. The monoisotopic (exact) mass is 324 g/mol. The SMILES string of the molecule is C[C@@H](NC1CC(C(=O)NC(C)(C)C)C1)c1cccc2ccccc12. The molecule has 1 aliphatic rings. The van der Waals surface area contributed by atoms with Gasteiger partial charge in [-0.2, -0.15) is 0 Å². The second-order valence-corrected chi connectivity index (χ2v) is 8.06. The topological polar surface area (TPSA) is 41.1 Å². The van der Waals surface area contributed by atoms with Crippen molar-refractivity contribution in [2.45, 2.75) is 58.2 Å². The summed E-state index contributed by atoms with van der Waals surface area (Å²) in [7, 11) is 0. The first kappa shape index (κ1) is 17.0. The molecule has 0 aromatic heterocycles. The third kappa shape index (κ3) is 3.78. The lowest BCUT2D eigenvalue weighted by atomic mass is 9.78. The minimum atomic E-state index is -0.147. The maximum absolute atomic E-state index is 12.2. The number of amides is 1. The van der Waals surface area contributed by atoms with E-state index in [1.807, 2.05) is 20.8 Å². The Morgan fingerprint density at radius 3 is 2.46 bits per heavy atom. The molecule has 0 heterocycles. The van der Waals surface area contributed by atoms with Crippen LogP contribution < -0.4 is 10.6 Å². The van der Waals surface area contributed by atoms with Crippen molar-refractivity contribution in [3.63, 3.8) is 0 Å². The van der Waals surface area contributed by atoms with Gasteiger partial charge in [-0.3, -0.25) is 4.79 Å². The lowest BCUT2D eigenvalue weighted by Crippen LogP contribution is -2.51. The molecular weight excluding hydrogens is 296 g/mol. The molecule has 3 nitrogen and oxygen atoms in total. The number of hydrogen-bond donors (Lipinski definition) is 2. The van der Waals surface area contributed by atoms with Crippen LogP contribution in [-0.2, 0) is 4.79 Å². The number of rotatable bonds is 4. The van der Waals surface area contributed by atoms with E-state index < -0.39 is 0 Å². The Bertz CT molecular complexity index is 721. The summed E-state index contributed by atoms with van der Waals surface area (Å²) in [6.45, 7) is 8.30. The molecule has 128 valence electrons. The van der Waals surface area contributed by atoms with E-state index in [4.69, 9.17) is 0 Å². The van der Waals surface area contributed by atoms with Crippen LogP contribution in [0, 0.1) is 5.92 Å². The van der Waals surface area contributed by atoms with Gasteiger partial charge >= 0.3 is 0 Å². The summed E-state index contributed by atoms with van der Waals surface area (Å²) >= 11 is 0. The van der Waals surface area contributed by atoms with E-state index in [2.05, 4.69) is 60.0 Å². The molecule has 1 amide bonds. The van der Waals surface area contributed by atoms with Gasteiger partial charge in [0.05, 0.1) is 0 Å². The average Bonchev–Trinajstić information content (AvgIpc) is 2.47. The highest BCUT2D eigenvalue weighted by molar-refractivity contribution is 5.86. The zero-order chi connectivity index (χ0) is 17.3. The van der Waals surface area contributed by atoms with Gasteiger partial charge < -0.3 is 10.6 Å². The van der Waals surface area contributed by atoms with Crippen molar-refractivity contribution < 1.29 is 4.79 Å². The predicted molar refractivity (Wildman–Crippen MR) is 99.9 cm³/mol. The van der Waals surface area contributed by atoms with E-state index in [0.717, 1.165) is 12.8 Å². The van der Waals surface area contributed by atoms with Gasteiger partial charge in [0.2, 0.25) is 5.91 Å². The zero-order valence-electron chi connectivity index (χ0n) is 15.1. The van der Waals surface area contributed by atoms with E-state index in [1.165, 1.54) is 16.3 Å². The van der Waals surface area contributed by atoms with Gasteiger partial charge in [-0.15, -0.1) is 0 Å². The van der Waals surface area contributed by atoms with Gasteiger partial charge in [0, 0.05) is 23.5 Å². The molecule has 2 N–H and O–H groups in total. The zero-order valence-corrected chi connectivity index (χ0v) is 15.1. The molecular formula is C21H28N2O. The standard InChI is InChI=1S/C21H28N2O/c1-14(18-11-7-9-15-8-5-6-10-19(15)18)22-17-12-16(13-17)20(24)23-21(2,3)4/h5-11,14,16-17,22H,12-13H2,1-4H3,(H,23,24)/t14-,16?,17?/m1/s1. The summed E-state index contributed by atoms with van der Waals surface area (Å²) in [5.74, 6) is 0.347. The van der Waals surface area contributed by atoms with Gasteiger partial charge in [-0.05, 0) is 56.9 Å². The Kier molecular flexibility index (Phi) is 4.64. The van der Waals surface area contributed by atoms with Gasteiger partial charge in [-0.1, -0.05) is 42.5 Å². The van der Waals surface area contributed by atoms with Gasteiger partial charge in [0.1, 0.15) is 0 Å². The maximum atomic E-state index is 12.2. The molecule has 0 bridgehead atoms. The Hall–Kier alpha value is -1.87. The Morgan fingerprint density at radius 2 is 1.75 bits per heavy atom. The van der Waals surface area contributed by atoms with Crippen LogP contribution in [0.1, 0.15) is 52.1 Å². The first-order valence-electron chi connectivity index (χ1n) is 8.89. The molecule has 0 radical (unpaired) electrons. The lowest BCUT2D eigenvalue weighted by molar-refractivity contribution is -0.129. The largest absolute Gasteiger partial charge is 0.351 e.